The first-order valence-electron chi connectivity index (χ1n) is 6.17. The highest BCUT2D eigenvalue weighted by Crippen LogP contribution is 2.37. The molecule has 0 aliphatic carbocycles. The van der Waals surface area contributed by atoms with E-state index in [-0.39, 0.29) is 11.5 Å². The molecule has 0 aromatic carbocycles. The predicted molar refractivity (Wildman–Crippen MR) is 63.3 cm³/mol. The molecule has 1 aliphatic heterocycles. The lowest BCUT2D eigenvalue weighted by molar-refractivity contribution is -0.141. The Balaban J connectivity index is 2.67. The molecule has 0 spiro atoms. The summed E-state index contributed by atoms with van der Waals surface area (Å²) in [5.41, 5.74) is -0.0887. The van der Waals surface area contributed by atoms with Crippen molar-refractivity contribution in [3.8, 4) is 0 Å². The van der Waals surface area contributed by atoms with Crippen LogP contribution in [0.2, 0.25) is 0 Å². The second-order valence-corrected chi connectivity index (χ2v) is 5.87. The van der Waals surface area contributed by atoms with Gasteiger partial charge in [-0.2, -0.15) is 0 Å². The molecule has 0 saturated carbocycles. The molecule has 1 heterocycles. The van der Waals surface area contributed by atoms with Gasteiger partial charge in [-0.05, 0) is 44.4 Å². The minimum atomic E-state index is -0.678. The van der Waals surface area contributed by atoms with E-state index in [2.05, 4.69) is 27.7 Å². The van der Waals surface area contributed by atoms with Crippen LogP contribution in [-0.4, -0.2) is 23.3 Å². The molecular formula is C13H24O3. The molecule has 0 amide bonds. The van der Waals surface area contributed by atoms with Crippen LogP contribution in [-0.2, 0) is 9.53 Å². The van der Waals surface area contributed by atoms with Gasteiger partial charge in [0, 0.05) is 13.0 Å². The van der Waals surface area contributed by atoms with Gasteiger partial charge in [0.15, 0.2) is 0 Å². The molecule has 1 saturated heterocycles. The maximum atomic E-state index is 10.9. The quantitative estimate of drug-likeness (QED) is 0.804. The maximum absolute atomic E-state index is 10.9. The van der Waals surface area contributed by atoms with Crippen molar-refractivity contribution in [1.29, 1.82) is 0 Å². The van der Waals surface area contributed by atoms with Crippen molar-refractivity contribution in [2.45, 2.75) is 52.6 Å². The number of hydrogen-bond acceptors (Lipinski definition) is 2. The van der Waals surface area contributed by atoms with E-state index >= 15 is 0 Å². The van der Waals surface area contributed by atoms with Gasteiger partial charge in [-0.3, -0.25) is 4.79 Å². The lowest BCUT2D eigenvalue weighted by Crippen LogP contribution is -2.38. The predicted octanol–water partition coefficient (Wildman–Crippen LogP) is 2.94. The zero-order chi connectivity index (χ0) is 12.3. The van der Waals surface area contributed by atoms with E-state index in [1.807, 2.05) is 0 Å². The van der Waals surface area contributed by atoms with Gasteiger partial charge in [0.05, 0.1) is 5.60 Å². The first kappa shape index (κ1) is 13.5. The Morgan fingerprint density at radius 3 is 2.56 bits per heavy atom. The van der Waals surface area contributed by atoms with Crippen LogP contribution in [0.3, 0.4) is 0 Å². The normalized spacial score (nSPS) is 26.7. The third-order valence-electron chi connectivity index (χ3n) is 3.61. The monoisotopic (exact) mass is 228 g/mol. The summed E-state index contributed by atoms with van der Waals surface area (Å²) in [5.74, 6) is 0.513. The molecule has 0 aromatic rings. The molecule has 0 radical (unpaired) electrons. The molecule has 0 unspecified atom stereocenters. The summed E-state index contributed by atoms with van der Waals surface area (Å²) in [4.78, 5) is 10.9. The van der Waals surface area contributed by atoms with Crippen LogP contribution in [0.25, 0.3) is 0 Å². The maximum Gasteiger partial charge on any atom is 0.303 e. The standard InChI is InChI=1S/C13H24O3/c1-9(2)11(7-12(14)15)10-5-6-16-13(3,4)8-10/h9-11H,5-8H2,1-4H3,(H,14,15)/t10-,11-/m0/s1. The summed E-state index contributed by atoms with van der Waals surface area (Å²) in [6.07, 6.45) is 2.26. The van der Waals surface area contributed by atoms with Gasteiger partial charge in [0.25, 0.3) is 0 Å². The summed E-state index contributed by atoms with van der Waals surface area (Å²) >= 11 is 0. The van der Waals surface area contributed by atoms with Crippen LogP contribution < -0.4 is 0 Å². The van der Waals surface area contributed by atoms with Gasteiger partial charge in [-0.25, -0.2) is 0 Å². The molecule has 3 nitrogen and oxygen atoms in total. The number of ether oxygens (including phenoxy) is 1. The van der Waals surface area contributed by atoms with E-state index in [1.165, 1.54) is 0 Å². The summed E-state index contributed by atoms with van der Waals surface area (Å²) in [6.45, 7) is 9.20. The molecule has 0 bridgehead atoms. The molecule has 3 heteroatoms. The van der Waals surface area contributed by atoms with E-state index in [0.29, 0.717) is 18.3 Å². The van der Waals surface area contributed by atoms with Crippen molar-refractivity contribution in [3.05, 3.63) is 0 Å². The summed E-state index contributed by atoms with van der Waals surface area (Å²) in [5, 5.41) is 8.96. The second kappa shape index (κ2) is 5.17. The summed E-state index contributed by atoms with van der Waals surface area (Å²) in [7, 11) is 0. The van der Waals surface area contributed by atoms with Crippen LogP contribution in [0.5, 0.6) is 0 Å². The Morgan fingerprint density at radius 2 is 2.12 bits per heavy atom. The van der Waals surface area contributed by atoms with Crippen molar-refractivity contribution >= 4 is 5.97 Å². The SMILES string of the molecule is CC(C)[C@H](CC(=O)O)[C@H]1CCOC(C)(C)C1. The molecule has 1 rings (SSSR count). The van der Waals surface area contributed by atoms with Crippen LogP contribution in [0.15, 0.2) is 0 Å². The number of carbonyl (C=O) groups is 1. The minimum Gasteiger partial charge on any atom is -0.481 e. The third kappa shape index (κ3) is 3.78. The molecule has 16 heavy (non-hydrogen) atoms. The third-order valence-corrected chi connectivity index (χ3v) is 3.61. The highest BCUT2D eigenvalue weighted by atomic mass is 16.5. The lowest BCUT2D eigenvalue weighted by Gasteiger charge is -2.40. The van der Waals surface area contributed by atoms with Gasteiger partial charge < -0.3 is 9.84 Å². The average Bonchev–Trinajstić information content (AvgIpc) is 2.11. The Morgan fingerprint density at radius 1 is 1.50 bits per heavy atom. The first-order valence-corrected chi connectivity index (χ1v) is 6.17. The van der Waals surface area contributed by atoms with Gasteiger partial charge in [-0.1, -0.05) is 13.8 Å². The summed E-state index contributed by atoms with van der Waals surface area (Å²) in [6, 6.07) is 0. The van der Waals surface area contributed by atoms with Gasteiger partial charge in [0.1, 0.15) is 0 Å². The number of hydrogen-bond donors (Lipinski definition) is 1. The zero-order valence-electron chi connectivity index (χ0n) is 10.8. The molecule has 2 atom stereocenters. The van der Waals surface area contributed by atoms with Crippen LogP contribution in [0.4, 0.5) is 0 Å². The van der Waals surface area contributed by atoms with Gasteiger partial charge in [-0.15, -0.1) is 0 Å². The molecule has 1 N–H and O–H groups in total. The van der Waals surface area contributed by atoms with E-state index in [0.717, 1.165) is 19.4 Å². The number of carboxylic acid groups (broad SMARTS) is 1. The highest BCUT2D eigenvalue weighted by Gasteiger charge is 2.35. The van der Waals surface area contributed by atoms with E-state index < -0.39 is 5.97 Å². The van der Waals surface area contributed by atoms with E-state index in [9.17, 15) is 4.79 Å². The van der Waals surface area contributed by atoms with Crippen molar-refractivity contribution in [2.24, 2.45) is 17.8 Å². The molecule has 1 aliphatic rings. The zero-order valence-corrected chi connectivity index (χ0v) is 10.8. The fourth-order valence-electron chi connectivity index (χ4n) is 2.79. The van der Waals surface area contributed by atoms with Gasteiger partial charge >= 0.3 is 5.97 Å². The lowest BCUT2D eigenvalue weighted by atomic mass is 9.73. The molecule has 0 aromatic heterocycles. The Hall–Kier alpha value is -0.570. The van der Waals surface area contributed by atoms with Crippen LogP contribution in [0.1, 0.15) is 47.0 Å². The topological polar surface area (TPSA) is 46.5 Å². The highest BCUT2D eigenvalue weighted by molar-refractivity contribution is 5.67. The number of aliphatic carboxylic acids is 1. The van der Waals surface area contributed by atoms with Crippen LogP contribution in [0, 0.1) is 17.8 Å². The van der Waals surface area contributed by atoms with Crippen molar-refractivity contribution < 1.29 is 14.6 Å². The number of rotatable bonds is 4. The summed E-state index contributed by atoms with van der Waals surface area (Å²) < 4.78 is 5.68. The first-order chi connectivity index (χ1) is 7.32. The minimum absolute atomic E-state index is 0.0887. The van der Waals surface area contributed by atoms with E-state index in [4.69, 9.17) is 9.84 Å². The van der Waals surface area contributed by atoms with Crippen molar-refractivity contribution in [2.75, 3.05) is 6.61 Å². The second-order valence-electron chi connectivity index (χ2n) is 5.87. The largest absolute Gasteiger partial charge is 0.481 e. The van der Waals surface area contributed by atoms with E-state index in [1.54, 1.807) is 0 Å². The fraction of sp³-hybridized carbons (Fsp3) is 0.923. The fourth-order valence-corrected chi connectivity index (χ4v) is 2.79. The van der Waals surface area contributed by atoms with Crippen molar-refractivity contribution in [1.82, 2.24) is 0 Å². The Labute approximate surface area is 98.2 Å². The molecule has 1 fully saturated rings. The average molecular weight is 228 g/mol. The molecule has 94 valence electrons. The Kier molecular flexibility index (Phi) is 4.36. The Bertz CT molecular complexity index is 246. The van der Waals surface area contributed by atoms with Crippen molar-refractivity contribution in [3.63, 3.8) is 0 Å². The van der Waals surface area contributed by atoms with Gasteiger partial charge in [0.2, 0.25) is 0 Å². The number of carboxylic acids is 1. The van der Waals surface area contributed by atoms with Crippen LogP contribution >= 0.6 is 0 Å². The molecular weight excluding hydrogens is 204 g/mol. The smallest absolute Gasteiger partial charge is 0.303 e.